The standard InChI is InChI=1S/C13H11N3/c1-10-4-2-5-12-11(10)6-9-16(12)13-14-7-3-8-15-13/h2-9H,1H3. The van der Waals surface area contributed by atoms with E-state index in [1.807, 2.05) is 16.8 Å². The zero-order valence-electron chi connectivity index (χ0n) is 8.96. The third-order valence-corrected chi connectivity index (χ3v) is 2.72. The van der Waals surface area contributed by atoms with Crippen molar-refractivity contribution < 1.29 is 0 Å². The largest absolute Gasteiger partial charge is 0.285 e. The van der Waals surface area contributed by atoms with E-state index in [0.29, 0.717) is 5.95 Å². The Bertz CT molecular complexity index is 626. The number of rotatable bonds is 1. The molecule has 3 nitrogen and oxygen atoms in total. The molecule has 0 atom stereocenters. The van der Waals surface area contributed by atoms with E-state index in [-0.39, 0.29) is 0 Å². The van der Waals surface area contributed by atoms with Crippen molar-refractivity contribution in [2.24, 2.45) is 0 Å². The molecule has 0 aliphatic carbocycles. The summed E-state index contributed by atoms with van der Waals surface area (Å²) in [6, 6.07) is 10.2. The van der Waals surface area contributed by atoms with Gasteiger partial charge in [-0.2, -0.15) is 0 Å². The lowest BCUT2D eigenvalue weighted by Crippen LogP contribution is -1.97. The number of aryl methyl sites for hydroxylation is 1. The molecule has 16 heavy (non-hydrogen) atoms. The van der Waals surface area contributed by atoms with Crippen LogP contribution in [0.25, 0.3) is 16.9 Å². The van der Waals surface area contributed by atoms with E-state index in [1.165, 1.54) is 10.9 Å². The molecule has 0 saturated carbocycles. The minimum absolute atomic E-state index is 0.711. The fraction of sp³-hybridized carbons (Fsp3) is 0.0769. The van der Waals surface area contributed by atoms with Gasteiger partial charge >= 0.3 is 0 Å². The zero-order valence-corrected chi connectivity index (χ0v) is 8.96. The van der Waals surface area contributed by atoms with E-state index in [9.17, 15) is 0 Å². The van der Waals surface area contributed by atoms with Gasteiger partial charge < -0.3 is 0 Å². The Kier molecular flexibility index (Phi) is 1.96. The van der Waals surface area contributed by atoms with Crippen molar-refractivity contribution in [1.82, 2.24) is 14.5 Å². The molecule has 0 spiro atoms. The summed E-state index contributed by atoms with van der Waals surface area (Å²) in [4.78, 5) is 8.51. The number of aromatic nitrogens is 3. The van der Waals surface area contributed by atoms with Crippen LogP contribution in [0.5, 0.6) is 0 Å². The summed E-state index contributed by atoms with van der Waals surface area (Å²) >= 11 is 0. The highest BCUT2D eigenvalue weighted by atomic mass is 15.1. The Balaban J connectivity index is 2.30. The predicted octanol–water partition coefficient (Wildman–Crippen LogP) is 2.73. The summed E-state index contributed by atoms with van der Waals surface area (Å²) in [5.41, 5.74) is 2.42. The van der Waals surface area contributed by atoms with Crippen LogP contribution in [-0.2, 0) is 0 Å². The molecular formula is C13H11N3. The van der Waals surface area contributed by atoms with Gasteiger partial charge in [0.25, 0.3) is 0 Å². The molecular weight excluding hydrogens is 198 g/mol. The molecule has 0 N–H and O–H groups in total. The molecule has 3 aromatic rings. The minimum atomic E-state index is 0.711. The molecule has 0 radical (unpaired) electrons. The Hall–Kier alpha value is -2.16. The summed E-state index contributed by atoms with van der Waals surface area (Å²) in [5, 5.41) is 1.25. The van der Waals surface area contributed by atoms with Gasteiger partial charge in [-0.25, -0.2) is 9.97 Å². The van der Waals surface area contributed by atoms with Crippen molar-refractivity contribution in [3.05, 3.63) is 54.5 Å². The Labute approximate surface area is 93.4 Å². The third kappa shape index (κ3) is 1.29. The highest BCUT2D eigenvalue weighted by molar-refractivity contribution is 5.84. The van der Waals surface area contributed by atoms with Crippen LogP contribution in [0.15, 0.2) is 48.9 Å². The molecule has 1 aromatic carbocycles. The van der Waals surface area contributed by atoms with Gasteiger partial charge in [-0.1, -0.05) is 12.1 Å². The van der Waals surface area contributed by atoms with E-state index in [0.717, 1.165) is 5.52 Å². The first-order valence-electron chi connectivity index (χ1n) is 5.20. The molecule has 0 amide bonds. The predicted molar refractivity (Wildman–Crippen MR) is 63.6 cm³/mol. The van der Waals surface area contributed by atoms with Crippen molar-refractivity contribution in [2.45, 2.75) is 6.92 Å². The van der Waals surface area contributed by atoms with Crippen molar-refractivity contribution in [3.8, 4) is 5.95 Å². The lowest BCUT2D eigenvalue weighted by molar-refractivity contribution is 0.962. The summed E-state index contributed by atoms with van der Waals surface area (Å²) < 4.78 is 2.00. The highest BCUT2D eigenvalue weighted by Gasteiger charge is 2.05. The Morgan fingerprint density at radius 1 is 1.00 bits per heavy atom. The average Bonchev–Trinajstić information content (AvgIpc) is 2.75. The Morgan fingerprint density at radius 3 is 2.62 bits per heavy atom. The molecule has 2 heterocycles. The van der Waals surface area contributed by atoms with E-state index in [1.54, 1.807) is 12.4 Å². The van der Waals surface area contributed by atoms with Crippen LogP contribution in [0.1, 0.15) is 5.56 Å². The monoisotopic (exact) mass is 209 g/mol. The maximum atomic E-state index is 4.25. The maximum Gasteiger partial charge on any atom is 0.234 e. The lowest BCUT2D eigenvalue weighted by atomic mass is 10.1. The van der Waals surface area contributed by atoms with Gasteiger partial charge in [0.1, 0.15) is 0 Å². The summed E-state index contributed by atoms with van der Waals surface area (Å²) in [6.45, 7) is 2.11. The smallest absolute Gasteiger partial charge is 0.234 e. The van der Waals surface area contributed by atoms with Gasteiger partial charge in [-0.15, -0.1) is 0 Å². The SMILES string of the molecule is Cc1cccc2c1ccn2-c1ncccn1. The van der Waals surface area contributed by atoms with E-state index in [4.69, 9.17) is 0 Å². The van der Waals surface area contributed by atoms with Gasteiger partial charge in [-0.3, -0.25) is 4.57 Å². The van der Waals surface area contributed by atoms with Crippen molar-refractivity contribution in [1.29, 1.82) is 0 Å². The first-order chi connectivity index (χ1) is 7.86. The number of nitrogens with zero attached hydrogens (tertiary/aromatic N) is 3. The van der Waals surface area contributed by atoms with Crippen molar-refractivity contribution in [3.63, 3.8) is 0 Å². The summed E-state index contributed by atoms with van der Waals surface area (Å²) in [7, 11) is 0. The first-order valence-corrected chi connectivity index (χ1v) is 5.20. The van der Waals surface area contributed by atoms with E-state index >= 15 is 0 Å². The summed E-state index contributed by atoms with van der Waals surface area (Å²) in [6.07, 6.45) is 5.51. The zero-order chi connectivity index (χ0) is 11.0. The molecule has 0 saturated heterocycles. The lowest BCUT2D eigenvalue weighted by Gasteiger charge is -2.02. The average molecular weight is 209 g/mol. The molecule has 0 aliphatic rings. The van der Waals surface area contributed by atoms with Crippen molar-refractivity contribution >= 4 is 10.9 Å². The second-order valence-electron chi connectivity index (χ2n) is 3.74. The van der Waals surface area contributed by atoms with Gasteiger partial charge in [-0.05, 0) is 30.7 Å². The van der Waals surface area contributed by atoms with Crippen LogP contribution < -0.4 is 0 Å². The molecule has 0 fully saturated rings. The third-order valence-electron chi connectivity index (χ3n) is 2.72. The first kappa shape index (κ1) is 9.09. The fourth-order valence-corrected chi connectivity index (χ4v) is 1.91. The number of benzene rings is 1. The van der Waals surface area contributed by atoms with Crippen LogP contribution >= 0.6 is 0 Å². The Morgan fingerprint density at radius 2 is 1.81 bits per heavy atom. The van der Waals surface area contributed by atoms with Crippen LogP contribution in [0.4, 0.5) is 0 Å². The molecule has 3 rings (SSSR count). The molecule has 78 valence electrons. The van der Waals surface area contributed by atoms with Crippen LogP contribution in [0.3, 0.4) is 0 Å². The van der Waals surface area contributed by atoms with E-state index in [2.05, 4.69) is 41.2 Å². The van der Waals surface area contributed by atoms with Gasteiger partial charge in [0, 0.05) is 24.0 Å². The second-order valence-corrected chi connectivity index (χ2v) is 3.74. The molecule has 0 bridgehead atoms. The van der Waals surface area contributed by atoms with Crippen LogP contribution in [0, 0.1) is 6.92 Å². The second kappa shape index (κ2) is 3.45. The summed E-state index contributed by atoms with van der Waals surface area (Å²) in [5.74, 6) is 0.711. The van der Waals surface area contributed by atoms with Gasteiger partial charge in [0.15, 0.2) is 0 Å². The van der Waals surface area contributed by atoms with Gasteiger partial charge in [0.05, 0.1) is 5.52 Å². The normalized spacial score (nSPS) is 10.8. The number of hydrogen-bond acceptors (Lipinski definition) is 2. The number of fused-ring (bicyclic) bond motifs is 1. The van der Waals surface area contributed by atoms with Gasteiger partial charge in [0.2, 0.25) is 5.95 Å². The van der Waals surface area contributed by atoms with Crippen molar-refractivity contribution in [2.75, 3.05) is 0 Å². The minimum Gasteiger partial charge on any atom is -0.285 e. The van der Waals surface area contributed by atoms with Crippen LogP contribution in [-0.4, -0.2) is 14.5 Å². The number of hydrogen-bond donors (Lipinski definition) is 0. The van der Waals surface area contributed by atoms with E-state index < -0.39 is 0 Å². The van der Waals surface area contributed by atoms with Crippen LogP contribution in [0.2, 0.25) is 0 Å². The molecule has 0 aliphatic heterocycles. The molecule has 2 aromatic heterocycles. The quantitative estimate of drug-likeness (QED) is 0.617. The fourth-order valence-electron chi connectivity index (χ4n) is 1.91. The highest BCUT2D eigenvalue weighted by Crippen LogP contribution is 2.21. The molecule has 3 heteroatoms. The maximum absolute atomic E-state index is 4.25. The molecule has 0 unspecified atom stereocenters. The topological polar surface area (TPSA) is 30.7 Å².